The van der Waals surface area contributed by atoms with E-state index in [0.29, 0.717) is 0 Å². The van der Waals surface area contributed by atoms with E-state index in [-0.39, 0.29) is 12.1 Å². The monoisotopic (exact) mass is 303 g/mol. The molecule has 0 saturated carbocycles. The molecule has 4 heteroatoms. The summed E-state index contributed by atoms with van der Waals surface area (Å²) in [6, 6.07) is 7.84. The molecule has 0 aromatic heterocycles. The molecular weight excluding hydrogens is 274 g/mol. The first kappa shape index (κ1) is 16.8. The summed E-state index contributed by atoms with van der Waals surface area (Å²) in [5.41, 5.74) is 1.94. The minimum absolute atomic E-state index is 0.125. The molecule has 1 fully saturated rings. The number of para-hydroxylation sites is 1. The van der Waals surface area contributed by atoms with Crippen LogP contribution in [0.15, 0.2) is 24.3 Å². The summed E-state index contributed by atoms with van der Waals surface area (Å²) >= 11 is 0. The minimum Gasteiger partial charge on any atom is -0.334 e. The molecule has 0 spiro atoms. The van der Waals surface area contributed by atoms with E-state index in [0.717, 1.165) is 42.7 Å². The number of urea groups is 1. The van der Waals surface area contributed by atoms with E-state index in [9.17, 15) is 4.79 Å². The number of amides is 2. The Morgan fingerprint density at radius 3 is 2.55 bits per heavy atom. The average Bonchev–Trinajstić information content (AvgIpc) is 2.39. The van der Waals surface area contributed by atoms with Gasteiger partial charge in [-0.05, 0) is 43.7 Å². The molecule has 4 nitrogen and oxygen atoms in total. The van der Waals surface area contributed by atoms with Crippen LogP contribution in [0, 0.1) is 18.8 Å². The molecule has 0 aliphatic carbocycles. The van der Waals surface area contributed by atoms with Gasteiger partial charge in [0.1, 0.15) is 0 Å². The molecule has 2 rings (SSSR count). The molecule has 3 atom stereocenters. The summed E-state index contributed by atoms with van der Waals surface area (Å²) < 4.78 is 0. The predicted molar refractivity (Wildman–Crippen MR) is 92.2 cm³/mol. The van der Waals surface area contributed by atoms with E-state index in [4.69, 9.17) is 0 Å². The second kappa shape index (κ2) is 7.63. The number of hydrogen-bond acceptors (Lipinski definition) is 2. The number of benzene rings is 1. The van der Waals surface area contributed by atoms with Gasteiger partial charge in [-0.25, -0.2) is 4.79 Å². The smallest absolute Gasteiger partial charge is 0.319 e. The van der Waals surface area contributed by atoms with Gasteiger partial charge in [0.05, 0.1) is 0 Å². The molecule has 1 heterocycles. The minimum atomic E-state index is -0.125. The van der Waals surface area contributed by atoms with Crippen LogP contribution in [0.1, 0.15) is 32.8 Å². The van der Waals surface area contributed by atoms with Gasteiger partial charge in [-0.3, -0.25) is 0 Å². The third-order valence-corrected chi connectivity index (χ3v) is 4.25. The summed E-state index contributed by atoms with van der Waals surface area (Å²) in [6.45, 7) is 11.9. The zero-order valence-electron chi connectivity index (χ0n) is 14.2. The highest BCUT2D eigenvalue weighted by Crippen LogP contribution is 2.20. The van der Waals surface area contributed by atoms with Crippen molar-refractivity contribution in [3.05, 3.63) is 29.8 Å². The lowest BCUT2D eigenvalue weighted by molar-refractivity contribution is 0.132. The van der Waals surface area contributed by atoms with Crippen LogP contribution in [0.25, 0.3) is 0 Å². The number of piperidine rings is 1. The number of anilines is 1. The lowest BCUT2D eigenvalue weighted by Gasteiger charge is -2.36. The molecule has 1 aromatic rings. The maximum atomic E-state index is 12.1. The van der Waals surface area contributed by atoms with E-state index < -0.39 is 0 Å². The Morgan fingerprint density at radius 2 is 1.91 bits per heavy atom. The number of rotatable bonds is 4. The molecule has 0 radical (unpaired) electrons. The highest BCUT2D eigenvalue weighted by molar-refractivity contribution is 5.90. The fourth-order valence-electron chi connectivity index (χ4n) is 3.47. The molecular formula is C18H29N3O. The molecule has 1 aliphatic heterocycles. The largest absolute Gasteiger partial charge is 0.334 e. The van der Waals surface area contributed by atoms with Gasteiger partial charge in [-0.15, -0.1) is 0 Å². The van der Waals surface area contributed by atoms with Crippen molar-refractivity contribution in [1.82, 2.24) is 10.2 Å². The fraction of sp³-hybridized carbons (Fsp3) is 0.611. The average molecular weight is 303 g/mol. The normalized spacial score (nSPS) is 23.8. The Balaban J connectivity index is 1.80. The Labute approximate surface area is 134 Å². The van der Waals surface area contributed by atoms with Gasteiger partial charge in [0.15, 0.2) is 0 Å². The van der Waals surface area contributed by atoms with Gasteiger partial charge in [0, 0.05) is 31.4 Å². The molecule has 2 amide bonds. The zero-order valence-corrected chi connectivity index (χ0v) is 14.2. The first-order chi connectivity index (χ1) is 10.4. The lowest BCUT2D eigenvalue weighted by Crippen LogP contribution is -2.47. The molecule has 1 aliphatic rings. The van der Waals surface area contributed by atoms with Crippen molar-refractivity contribution in [3.63, 3.8) is 0 Å². The van der Waals surface area contributed by atoms with Crippen LogP contribution in [0.4, 0.5) is 10.5 Å². The van der Waals surface area contributed by atoms with E-state index in [1.54, 1.807) is 0 Å². The van der Waals surface area contributed by atoms with Crippen molar-refractivity contribution >= 4 is 11.7 Å². The third-order valence-electron chi connectivity index (χ3n) is 4.25. The van der Waals surface area contributed by atoms with Gasteiger partial charge in [-0.1, -0.05) is 32.0 Å². The molecule has 122 valence electrons. The predicted octanol–water partition coefficient (Wildman–Crippen LogP) is 3.48. The number of hydrogen-bond donors (Lipinski definition) is 2. The molecule has 0 bridgehead atoms. The summed E-state index contributed by atoms with van der Waals surface area (Å²) in [4.78, 5) is 14.6. The number of likely N-dealkylation sites (tertiary alicyclic amines) is 1. The second-order valence-corrected chi connectivity index (χ2v) is 6.98. The van der Waals surface area contributed by atoms with Crippen LogP contribution in [0.3, 0.4) is 0 Å². The number of nitrogens with zero attached hydrogens (tertiary/aromatic N) is 1. The Hall–Kier alpha value is -1.55. The fourth-order valence-corrected chi connectivity index (χ4v) is 3.47. The maximum absolute atomic E-state index is 12.1. The second-order valence-electron chi connectivity index (χ2n) is 6.98. The van der Waals surface area contributed by atoms with Crippen LogP contribution in [0.5, 0.6) is 0 Å². The maximum Gasteiger partial charge on any atom is 0.319 e. The first-order valence-corrected chi connectivity index (χ1v) is 8.29. The standard InChI is InChI=1S/C18H29N3O/c1-13-9-14(2)11-21(10-13)12-16(4)19-18(22)20-17-8-6-5-7-15(17)3/h5-8,13-14,16H,9-12H2,1-4H3,(H2,19,20,22). The number of carbonyl (C=O) groups is 1. The van der Waals surface area contributed by atoms with Gasteiger partial charge >= 0.3 is 6.03 Å². The van der Waals surface area contributed by atoms with E-state index in [2.05, 4.69) is 36.3 Å². The van der Waals surface area contributed by atoms with Crippen molar-refractivity contribution in [1.29, 1.82) is 0 Å². The van der Waals surface area contributed by atoms with Gasteiger partial charge < -0.3 is 15.5 Å². The van der Waals surface area contributed by atoms with Crippen LogP contribution >= 0.6 is 0 Å². The Bertz CT molecular complexity index is 493. The van der Waals surface area contributed by atoms with Gasteiger partial charge in [0.2, 0.25) is 0 Å². The third kappa shape index (κ3) is 5.02. The molecule has 22 heavy (non-hydrogen) atoms. The highest BCUT2D eigenvalue weighted by atomic mass is 16.2. The number of nitrogens with one attached hydrogen (secondary N) is 2. The van der Waals surface area contributed by atoms with E-state index in [1.807, 2.05) is 31.2 Å². The molecule has 3 unspecified atom stereocenters. The van der Waals surface area contributed by atoms with Crippen LogP contribution in [0.2, 0.25) is 0 Å². The summed E-state index contributed by atoms with van der Waals surface area (Å²) in [6.07, 6.45) is 1.31. The Morgan fingerprint density at radius 1 is 1.27 bits per heavy atom. The van der Waals surface area contributed by atoms with Crippen molar-refractivity contribution < 1.29 is 4.79 Å². The summed E-state index contributed by atoms with van der Waals surface area (Å²) in [5, 5.41) is 5.97. The van der Waals surface area contributed by atoms with Crippen molar-refractivity contribution in [3.8, 4) is 0 Å². The molecule has 1 aromatic carbocycles. The van der Waals surface area contributed by atoms with Gasteiger partial charge in [-0.2, -0.15) is 0 Å². The molecule has 1 saturated heterocycles. The summed E-state index contributed by atoms with van der Waals surface area (Å²) in [7, 11) is 0. The topological polar surface area (TPSA) is 44.4 Å². The van der Waals surface area contributed by atoms with Crippen LogP contribution in [-0.4, -0.2) is 36.6 Å². The first-order valence-electron chi connectivity index (χ1n) is 8.29. The molecule has 2 N–H and O–H groups in total. The SMILES string of the molecule is Cc1ccccc1NC(=O)NC(C)CN1CC(C)CC(C)C1. The van der Waals surface area contributed by atoms with E-state index in [1.165, 1.54) is 6.42 Å². The van der Waals surface area contributed by atoms with Crippen molar-refractivity contribution in [2.45, 2.75) is 40.2 Å². The quantitative estimate of drug-likeness (QED) is 0.894. The zero-order chi connectivity index (χ0) is 16.1. The number of aryl methyl sites for hydroxylation is 1. The Kier molecular flexibility index (Phi) is 5.83. The lowest BCUT2D eigenvalue weighted by atomic mass is 9.92. The van der Waals surface area contributed by atoms with Crippen molar-refractivity contribution in [2.24, 2.45) is 11.8 Å². The van der Waals surface area contributed by atoms with Crippen LogP contribution < -0.4 is 10.6 Å². The van der Waals surface area contributed by atoms with Crippen molar-refractivity contribution in [2.75, 3.05) is 25.0 Å². The van der Waals surface area contributed by atoms with Gasteiger partial charge in [0.25, 0.3) is 0 Å². The van der Waals surface area contributed by atoms with E-state index >= 15 is 0 Å². The number of carbonyl (C=O) groups excluding carboxylic acids is 1. The highest BCUT2D eigenvalue weighted by Gasteiger charge is 2.23. The van der Waals surface area contributed by atoms with Crippen LogP contribution in [-0.2, 0) is 0 Å². The summed E-state index contributed by atoms with van der Waals surface area (Å²) in [5.74, 6) is 1.49.